The van der Waals surface area contributed by atoms with Gasteiger partial charge in [0.25, 0.3) is 0 Å². The van der Waals surface area contributed by atoms with E-state index >= 15 is 0 Å². The molecule has 1 heterocycles. The summed E-state index contributed by atoms with van der Waals surface area (Å²) < 4.78 is 0. The molecule has 1 aromatic carbocycles. The van der Waals surface area contributed by atoms with Gasteiger partial charge in [-0.25, -0.2) is 9.78 Å². The summed E-state index contributed by atoms with van der Waals surface area (Å²) in [5.74, 6) is 2.32. The number of hydrogen-bond acceptors (Lipinski definition) is 3. The van der Waals surface area contributed by atoms with Crippen LogP contribution in [-0.2, 0) is 0 Å². The molecule has 1 aromatic heterocycles. The summed E-state index contributed by atoms with van der Waals surface area (Å²) in [7, 11) is 0. The highest BCUT2D eigenvalue weighted by Crippen LogP contribution is 2.33. The lowest BCUT2D eigenvalue weighted by molar-refractivity contribution is 0.0691. The second kappa shape index (κ2) is 5.45. The summed E-state index contributed by atoms with van der Waals surface area (Å²) >= 11 is 0. The number of anilines is 1. The summed E-state index contributed by atoms with van der Waals surface area (Å²) in [5, 5.41) is 10.2. The van der Waals surface area contributed by atoms with Crippen molar-refractivity contribution in [2.24, 2.45) is 5.92 Å². The number of fused-ring (bicyclic) bond motifs is 1. The number of benzene rings is 1. The van der Waals surface area contributed by atoms with E-state index in [1.807, 2.05) is 24.3 Å². The van der Waals surface area contributed by atoms with Crippen molar-refractivity contribution in [3.8, 4) is 12.3 Å². The van der Waals surface area contributed by atoms with Crippen molar-refractivity contribution >= 4 is 22.6 Å². The van der Waals surface area contributed by atoms with Gasteiger partial charge in [-0.15, -0.1) is 6.42 Å². The summed E-state index contributed by atoms with van der Waals surface area (Å²) in [6, 6.07) is 9.21. The molecule has 3 rings (SSSR count). The van der Waals surface area contributed by atoms with Crippen LogP contribution < -0.4 is 4.90 Å². The lowest BCUT2D eigenvalue weighted by atomic mass is 10.1. The van der Waals surface area contributed by atoms with Crippen molar-refractivity contribution in [3.63, 3.8) is 0 Å². The summed E-state index contributed by atoms with van der Waals surface area (Å²) in [5.41, 5.74) is 1.61. The highest BCUT2D eigenvalue weighted by molar-refractivity contribution is 5.97. The van der Waals surface area contributed by atoms with Crippen LogP contribution in [0, 0.1) is 18.3 Å². The van der Waals surface area contributed by atoms with Crippen molar-refractivity contribution in [3.05, 3.63) is 36.0 Å². The van der Waals surface area contributed by atoms with E-state index in [9.17, 15) is 9.90 Å². The third-order valence-electron chi connectivity index (χ3n) is 3.71. The Balaban J connectivity index is 2.12. The van der Waals surface area contributed by atoms with E-state index in [1.165, 1.54) is 12.8 Å². The number of nitrogens with zero attached hydrogens (tertiary/aromatic N) is 2. The third kappa shape index (κ3) is 2.82. The topological polar surface area (TPSA) is 53.4 Å². The largest absolute Gasteiger partial charge is 0.477 e. The molecule has 21 heavy (non-hydrogen) atoms. The van der Waals surface area contributed by atoms with Crippen LogP contribution in [0.15, 0.2) is 30.3 Å². The third-order valence-corrected chi connectivity index (χ3v) is 3.71. The van der Waals surface area contributed by atoms with Gasteiger partial charge < -0.3 is 10.0 Å². The molecule has 0 saturated heterocycles. The summed E-state index contributed by atoms with van der Waals surface area (Å²) in [6.45, 7) is 1.35. The van der Waals surface area contributed by atoms with Gasteiger partial charge in [0, 0.05) is 17.6 Å². The SMILES string of the molecule is C#CCN(CC1CC1)c1cc(C(=O)O)nc2ccccc12. The van der Waals surface area contributed by atoms with Gasteiger partial charge >= 0.3 is 5.97 Å². The lowest BCUT2D eigenvalue weighted by Crippen LogP contribution is -2.26. The normalized spacial score (nSPS) is 13.9. The maximum absolute atomic E-state index is 11.3. The van der Waals surface area contributed by atoms with E-state index in [-0.39, 0.29) is 5.69 Å². The van der Waals surface area contributed by atoms with Gasteiger partial charge in [-0.05, 0) is 30.9 Å². The van der Waals surface area contributed by atoms with Crippen molar-refractivity contribution in [2.45, 2.75) is 12.8 Å². The first-order chi connectivity index (χ1) is 10.2. The summed E-state index contributed by atoms with van der Waals surface area (Å²) in [4.78, 5) is 17.6. The predicted molar refractivity (Wildman–Crippen MR) is 82.5 cm³/mol. The molecule has 106 valence electrons. The van der Waals surface area contributed by atoms with E-state index < -0.39 is 5.97 Å². The minimum atomic E-state index is -1.02. The Hall–Kier alpha value is -2.54. The van der Waals surface area contributed by atoms with Crippen LogP contribution in [0.2, 0.25) is 0 Å². The maximum Gasteiger partial charge on any atom is 0.354 e. The second-order valence-corrected chi connectivity index (χ2v) is 5.38. The Kier molecular flexibility index (Phi) is 3.49. The van der Waals surface area contributed by atoms with Crippen molar-refractivity contribution < 1.29 is 9.90 Å². The van der Waals surface area contributed by atoms with Crippen LogP contribution in [-0.4, -0.2) is 29.1 Å². The molecule has 0 atom stereocenters. The highest BCUT2D eigenvalue weighted by Gasteiger charge is 2.25. The molecular formula is C17H16N2O2. The number of hydrogen-bond donors (Lipinski definition) is 1. The van der Waals surface area contributed by atoms with Gasteiger partial charge in [0.1, 0.15) is 0 Å². The molecule has 0 spiro atoms. The van der Waals surface area contributed by atoms with Crippen molar-refractivity contribution in [1.29, 1.82) is 0 Å². The van der Waals surface area contributed by atoms with Crippen molar-refractivity contribution in [1.82, 2.24) is 4.98 Å². The van der Waals surface area contributed by atoms with Crippen LogP contribution in [0.3, 0.4) is 0 Å². The average molecular weight is 280 g/mol. The second-order valence-electron chi connectivity index (χ2n) is 5.38. The van der Waals surface area contributed by atoms with E-state index in [0.717, 1.165) is 17.6 Å². The lowest BCUT2D eigenvalue weighted by Gasteiger charge is -2.24. The molecule has 1 aliphatic rings. The number of para-hydroxylation sites is 1. The first kappa shape index (κ1) is 13.4. The Labute approximate surface area is 123 Å². The van der Waals surface area contributed by atoms with E-state index in [2.05, 4.69) is 15.8 Å². The quantitative estimate of drug-likeness (QED) is 0.856. The maximum atomic E-state index is 11.3. The molecule has 1 saturated carbocycles. The van der Waals surface area contributed by atoms with E-state index in [4.69, 9.17) is 6.42 Å². The Morgan fingerprint density at radius 1 is 1.43 bits per heavy atom. The molecule has 2 aromatic rings. The number of carboxylic acids is 1. The van der Waals surface area contributed by atoms with Crippen LogP contribution >= 0.6 is 0 Å². The fourth-order valence-corrected chi connectivity index (χ4v) is 2.50. The molecule has 1 N–H and O–H groups in total. The molecule has 0 aliphatic heterocycles. The van der Waals surface area contributed by atoms with Gasteiger partial charge in [0.2, 0.25) is 0 Å². The van der Waals surface area contributed by atoms with Gasteiger partial charge in [-0.1, -0.05) is 24.1 Å². The highest BCUT2D eigenvalue weighted by atomic mass is 16.4. The number of carboxylic acid groups (broad SMARTS) is 1. The Morgan fingerprint density at radius 3 is 2.86 bits per heavy atom. The number of rotatable bonds is 5. The molecule has 0 amide bonds. The fourth-order valence-electron chi connectivity index (χ4n) is 2.50. The van der Waals surface area contributed by atoms with Gasteiger partial charge in [-0.3, -0.25) is 0 Å². The van der Waals surface area contributed by atoms with Crippen LogP contribution in [0.5, 0.6) is 0 Å². The van der Waals surface area contributed by atoms with Crippen LogP contribution in [0.25, 0.3) is 10.9 Å². The number of aromatic nitrogens is 1. The number of carbonyl (C=O) groups is 1. The number of terminal acetylenes is 1. The van der Waals surface area contributed by atoms with E-state index in [0.29, 0.717) is 18.0 Å². The molecule has 0 unspecified atom stereocenters. The first-order valence-corrected chi connectivity index (χ1v) is 7.00. The van der Waals surface area contributed by atoms with Crippen LogP contribution in [0.4, 0.5) is 5.69 Å². The number of pyridine rings is 1. The average Bonchev–Trinajstić information content (AvgIpc) is 3.29. The Morgan fingerprint density at radius 2 is 2.19 bits per heavy atom. The van der Waals surface area contributed by atoms with Gasteiger partial charge in [0.05, 0.1) is 12.1 Å². The minimum absolute atomic E-state index is 0.0570. The molecule has 0 radical (unpaired) electrons. The Bertz CT molecular complexity index is 729. The monoisotopic (exact) mass is 280 g/mol. The zero-order chi connectivity index (χ0) is 14.8. The molecule has 0 bridgehead atoms. The molecule has 4 heteroatoms. The van der Waals surface area contributed by atoms with E-state index in [1.54, 1.807) is 6.07 Å². The predicted octanol–water partition coefficient (Wildman–Crippen LogP) is 2.78. The zero-order valence-electron chi connectivity index (χ0n) is 11.6. The summed E-state index contributed by atoms with van der Waals surface area (Å²) in [6.07, 6.45) is 7.92. The molecule has 1 fully saturated rings. The molecule has 1 aliphatic carbocycles. The van der Waals surface area contributed by atoms with Gasteiger partial charge in [-0.2, -0.15) is 0 Å². The minimum Gasteiger partial charge on any atom is -0.477 e. The van der Waals surface area contributed by atoms with Crippen LogP contribution in [0.1, 0.15) is 23.3 Å². The number of aromatic carboxylic acids is 1. The smallest absolute Gasteiger partial charge is 0.354 e. The van der Waals surface area contributed by atoms with Crippen molar-refractivity contribution in [2.75, 3.05) is 18.0 Å². The molecule has 4 nitrogen and oxygen atoms in total. The fraction of sp³-hybridized carbons (Fsp3) is 0.294. The zero-order valence-corrected chi connectivity index (χ0v) is 11.6. The first-order valence-electron chi connectivity index (χ1n) is 7.00. The molecular weight excluding hydrogens is 264 g/mol. The van der Waals surface area contributed by atoms with Gasteiger partial charge in [0.15, 0.2) is 5.69 Å². The standard InChI is InChI=1S/C17H16N2O2/c1-2-9-19(11-12-7-8-12)16-10-15(17(20)21)18-14-6-4-3-5-13(14)16/h1,3-6,10,12H,7-9,11H2,(H,20,21).